The van der Waals surface area contributed by atoms with Gasteiger partial charge in [0.1, 0.15) is 5.82 Å². The number of thiazole rings is 1. The van der Waals surface area contributed by atoms with Crippen LogP contribution in [0.2, 0.25) is 5.02 Å². The monoisotopic (exact) mass is 428 g/mol. The first-order valence-corrected chi connectivity index (χ1v) is 10.0. The molecule has 8 heteroatoms. The quantitative estimate of drug-likeness (QED) is 0.424. The van der Waals surface area contributed by atoms with Crippen molar-refractivity contribution in [3.63, 3.8) is 0 Å². The van der Waals surface area contributed by atoms with Crippen molar-refractivity contribution in [2.45, 2.75) is 6.54 Å². The Labute approximate surface area is 174 Å². The number of furan rings is 1. The number of hydrogen-bond donors (Lipinski definition) is 0. The van der Waals surface area contributed by atoms with Crippen LogP contribution in [0, 0.1) is 5.82 Å². The number of nitrogens with zero attached hydrogens (tertiary/aromatic N) is 2. The predicted molar refractivity (Wildman–Crippen MR) is 108 cm³/mol. The topological polar surface area (TPSA) is 48.9 Å². The second-order valence-electron chi connectivity index (χ2n) is 6.36. The largest absolute Gasteiger partial charge is 0.463 e. The van der Waals surface area contributed by atoms with Gasteiger partial charge in [-0.05, 0) is 42.0 Å². The Morgan fingerprint density at radius 2 is 2.00 bits per heavy atom. The first kappa shape index (κ1) is 18.0. The molecule has 4 aromatic rings. The Morgan fingerprint density at radius 3 is 2.83 bits per heavy atom. The van der Waals surface area contributed by atoms with E-state index in [0.29, 0.717) is 17.0 Å². The number of aromatic nitrogens is 1. The molecule has 0 amide bonds. The van der Waals surface area contributed by atoms with Crippen LogP contribution in [0.15, 0.2) is 69.6 Å². The maximum Gasteiger partial charge on any atom is 0.231 e. The van der Waals surface area contributed by atoms with Gasteiger partial charge in [-0.3, -0.25) is 0 Å². The van der Waals surface area contributed by atoms with E-state index < -0.39 is 5.82 Å². The number of fused-ring (bicyclic) bond motifs is 1. The average molecular weight is 429 g/mol. The van der Waals surface area contributed by atoms with E-state index in [2.05, 4.69) is 4.99 Å². The Morgan fingerprint density at radius 1 is 1.10 bits per heavy atom. The fourth-order valence-electron chi connectivity index (χ4n) is 3.08. The van der Waals surface area contributed by atoms with E-state index in [-0.39, 0.29) is 11.8 Å². The Kier molecular flexibility index (Phi) is 4.61. The molecule has 3 heterocycles. The summed E-state index contributed by atoms with van der Waals surface area (Å²) in [6.45, 7) is 0.760. The van der Waals surface area contributed by atoms with Crippen LogP contribution < -0.4 is 14.3 Å². The lowest BCUT2D eigenvalue weighted by molar-refractivity contribution is 0.174. The van der Waals surface area contributed by atoms with E-state index in [4.69, 9.17) is 25.5 Å². The molecular weight excluding hydrogens is 415 g/mol. The Balaban J connectivity index is 1.60. The molecule has 0 spiro atoms. The highest BCUT2D eigenvalue weighted by atomic mass is 35.5. The molecule has 0 radical (unpaired) electrons. The fourth-order valence-corrected chi connectivity index (χ4v) is 4.11. The van der Waals surface area contributed by atoms with Crippen LogP contribution in [0.1, 0.15) is 5.56 Å². The lowest BCUT2D eigenvalue weighted by atomic mass is 10.2. The van der Waals surface area contributed by atoms with Crippen molar-refractivity contribution in [1.29, 1.82) is 0 Å². The van der Waals surface area contributed by atoms with Gasteiger partial charge in [-0.15, -0.1) is 11.3 Å². The van der Waals surface area contributed by atoms with Crippen molar-refractivity contribution < 1.29 is 18.3 Å². The van der Waals surface area contributed by atoms with E-state index in [1.54, 1.807) is 12.3 Å². The molecule has 1 aliphatic heterocycles. The van der Waals surface area contributed by atoms with Crippen molar-refractivity contribution in [1.82, 2.24) is 4.57 Å². The second kappa shape index (κ2) is 7.42. The minimum absolute atomic E-state index is 0.0691. The second-order valence-corrected chi connectivity index (χ2v) is 7.61. The van der Waals surface area contributed by atoms with Gasteiger partial charge in [0, 0.05) is 11.4 Å². The summed E-state index contributed by atoms with van der Waals surface area (Å²) >= 11 is 7.24. The Bertz CT molecular complexity index is 1250. The zero-order valence-corrected chi connectivity index (χ0v) is 16.5. The van der Waals surface area contributed by atoms with E-state index in [1.165, 1.54) is 23.5 Å². The highest BCUT2D eigenvalue weighted by molar-refractivity contribution is 7.07. The van der Waals surface area contributed by atoms with Crippen LogP contribution in [0.3, 0.4) is 0 Å². The smallest absolute Gasteiger partial charge is 0.231 e. The van der Waals surface area contributed by atoms with E-state index >= 15 is 0 Å². The van der Waals surface area contributed by atoms with E-state index in [1.807, 2.05) is 40.3 Å². The molecular formula is C21H14ClFN2O3S. The number of rotatable bonds is 4. The molecule has 29 heavy (non-hydrogen) atoms. The maximum atomic E-state index is 13.8. The standard InChI is InChI=1S/C21H14ClFN2O3S/c22-15-5-4-14(9-16(15)23)24-21-25(17(11-29-21)18-2-1-7-26-18)10-13-3-6-19-20(8-13)28-12-27-19/h1-9,11H,10,12H2. The summed E-state index contributed by atoms with van der Waals surface area (Å²) in [6, 6.07) is 14.1. The van der Waals surface area contributed by atoms with Crippen LogP contribution in [0.25, 0.3) is 11.5 Å². The van der Waals surface area contributed by atoms with Gasteiger partial charge in [0.15, 0.2) is 22.1 Å². The summed E-state index contributed by atoms with van der Waals surface area (Å²) < 4.78 is 32.3. The molecule has 5 nitrogen and oxygen atoms in total. The third-order valence-electron chi connectivity index (χ3n) is 4.48. The van der Waals surface area contributed by atoms with Gasteiger partial charge in [-0.1, -0.05) is 17.7 Å². The van der Waals surface area contributed by atoms with Gasteiger partial charge in [-0.25, -0.2) is 9.38 Å². The first-order valence-electron chi connectivity index (χ1n) is 8.78. The zero-order valence-electron chi connectivity index (χ0n) is 15.0. The van der Waals surface area contributed by atoms with Gasteiger partial charge in [0.25, 0.3) is 0 Å². The molecule has 0 saturated carbocycles. The lowest BCUT2D eigenvalue weighted by Gasteiger charge is -2.09. The highest BCUT2D eigenvalue weighted by Gasteiger charge is 2.16. The summed E-state index contributed by atoms with van der Waals surface area (Å²) in [5.74, 6) is 1.68. The number of ether oxygens (including phenoxy) is 2. The molecule has 0 aliphatic carbocycles. The van der Waals surface area contributed by atoms with Crippen molar-refractivity contribution in [3.05, 3.63) is 81.4 Å². The van der Waals surface area contributed by atoms with Crippen molar-refractivity contribution >= 4 is 28.6 Å². The summed E-state index contributed by atoms with van der Waals surface area (Å²) in [4.78, 5) is 5.33. The molecule has 0 atom stereocenters. The van der Waals surface area contributed by atoms with Crippen LogP contribution in [-0.4, -0.2) is 11.4 Å². The molecule has 0 bridgehead atoms. The van der Waals surface area contributed by atoms with Crippen molar-refractivity contribution in [3.8, 4) is 23.0 Å². The molecule has 5 rings (SSSR count). The number of halogens is 2. The first-order chi connectivity index (χ1) is 14.2. The van der Waals surface area contributed by atoms with Crippen LogP contribution in [0.5, 0.6) is 11.5 Å². The molecule has 146 valence electrons. The van der Waals surface area contributed by atoms with Gasteiger partial charge >= 0.3 is 0 Å². The summed E-state index contributed by atoms with van der Waals surface area (Å²) in [5.41, 5.74) is 2.38. The fraction of sp³-hybridized carbons (Fsp3) is 0.0952. The molecule has 0 saturated heterocycles. The number of benzene rings is 2. The summed E-state index contributed by atoms with van der Waals surface area (Å²) in [6.07, 6.45) is 1.63. The minimum Gasteiger partial charge on any atom is -0.463 e. The lowest BCUT2D eigenvalue weighted by Crippen LogP contribution is -2.16. The molecule has 0 N–H and O–H groups in total. The number of hydrogen-bond acceptors (Lipinski definition) is 5. The highest BCUT2D eigenvalue weighted by Crippen LogP contribution is 2.33. The van der Waals surface area contributed by atoms with Crippen molar-refractivity contribution in [2.75, 3.05) is 6.79 Å². The van der Waals surface area contributed by atoms with Crippen molar-refractivity contribution in [2.24, 2.45) is 4.99 Å². The van der Waals surface area contributed by atoms with E-state index in [0.717, 1.165) is 28.5 Å². The van der Waals surface area contributed by atoms with E-state index in [9.17, 15) is 4.39 Å². The Hall–Kier alpha value is -3.03. The van der Waals surface area contributed by atoms with Gasteiger partial charge < -0.3 is 18.5 Å². The third-order valence-corrected chi connectivity index (χ3v) is 5.65. The van der Waals surface area contributed by atoms with Gasteiger partial charge in [0.2, 0.25) is 6.79 Å². The van der Waals surface area contributed by atoms with Crippen LogP contribution in [0.4, 0.5) is 10.1 Å². The minimum atomic E-state index is -0.502. The molecule has 2 aromatic heterocycles. The summed E-state index contributed by atoms with van der Waals surface area (Å²) in [7, 11) is 0. The molecule has 0 fully saturated rings. The van der Waals surface area contributed by atoms with Gasteiger partial charge in [0.05, 0.1) is 29.2 Å². The SMILES string of the molecule is Fc1cc(N=c2scc(-c3ccco3)n2Cc2ccc3c(c2)OCO3)ccc1Cl. The normalized spacial score (nSPS) is 13.2. The summed E-state index contributed by atoms with van der Waals surface area (Å²) in [5, 5.41) is 2.04. The maximum absolute atomic E-state index is 13.8. The average Bonchev–Trinajstić information content (AvgIpc) is 3.46. The van der Waals surface area contributed by atoms with Crippen LogP contribution >= 0.6 is 22.9 Å². The van der Waals surface area contributed by atoms with Gasteiger partial charge in [-0.2, -0.15) is 0 Å². The third kappa shape index (κ3) is 3.54. The van der Waals surface area contributed by atoms with Crippen LogP contribution in [-0.2, 0) is 6.54 Å². The zero-order chi connectivity index (χ0) is 19.8. The molecule has 0 unspecified atom stereocenters. The molecule has 1 aliphatic rings. The predicted octanol–water partition coefficient (Wildman–Crippen LogP) is 5.61. The molecule has 2 aromatic carbocycles.